The van der Waals surface area contributed by atoms with Crippen LogP contribution in [0.5, 0.6) is 5.75 Å². The lowest BCUT2D eigenvalue weighted by atomic mass is 10.1. The first-order chi connectivity index (χ1) is 14.4. The SMILES string of the molecule is CCC(C)N(Cc1csc(COc2cccc(C)c2C)n1)C(=O)c1ccccc1F. The molecule has 3 aromatic rings. The van der Waals surface area contributed by atoms with Gasteiger partial charge in [0.2, 0.25) is 0 Å². The standard InChI is InChI=1S/C24H27FN2O2S/c1-5-17(3)27(24(28)20-10-6-7-11-21(20)25)13-19-15-30-23(26-19)14-29-22-12-8-9-16(2)18(22)4/h6-12,15,17H,5,13-14H2,1-4H3. The molecule has 2 aromatic carbocycles. The van der Waals surface area contributed by atoms with Gasteiger partial charge in [-0.3, -0.25) is 4.79 Å². The highest BCUT2D eigenvalue weighted by Crippen LogP contribution is 2.23. The van der Waals surface area contributed by atoms with Gasteiger partial charge >= 0.3 is 0 Å². The van der Waals surface area contributed by atoms with Crippen LogP contribution in [0.3, 0.4) is 0 Å². The molecular formula is C24H27FN2O2S. The van der Waals surface area contributed by atoms with Gasteiger partial charge in [-0.2, -0.15) is 0 Å². The molecule has 0 radical (unpaired) electrons. The van der Waals surface area contributed by atoms with Gasteiger partial charge in [-0.05, 0) is 56.5 Å². The molecule has 1 unspecified atom stereocenters. The molecule has 1 heterocycles. The summed E-state index contributed by atoms with van der Waals surface area (Å²) in [7, 11) is 0. The molecule has 0 N–H and O–H groups in total. The van der Waals surface area contributed by atoms with Crippen molar-refractivity contribution in [2.45, 2.75) is 53.3 Å². The van der Waals surface area contributed by atoms with Crippen molar-refractivity contribution in [1.29, 1.82) is 0 Å². The fourth-order valence-corrected chi connectivity index (χ4v) is 3.82. The molecule has 30 heavy (non-hydrogen) atoms. The van der Waals surface area contributed by atoms with Crippen LogP contribution in [0.25, 0.3) is 0 Å². The monoisotopic (exact) mass is 426 g/mol. The number of aryl methyl sites for hydroxylation is 1. The number of amides is 1. The molecule has 4 nitrogen and oxygen atoms in total. The first-order valence-corrected chi connectivity index (χ1v) is 11.0. The first-order valence-electron chi connectivity index (χ1n) is 10.1. The lowest BCUT2D eigenvalue weighted by Gasteiger charge is -2.28. The number of thiazole rings is 1. The highest BCUT2D eigenvalue weighted by Gasteiger charge is 2.24. The number of ether oxygens (including phenoxy) is 1. The van der Waals surface area contributed by atoms with Crippen molar-refractivity contribution in [3.8, 4) is 5.75 Å². The largest absolute Gasteiger partial charge is 0.486 e. The van der Waals surface area contributed by atoms with E-state index in [9.17, 15) is 9.18 Å². The Morgan fingerprint density at radius 3 is 2.70 bits per heavy atom. The van der Waals surface area contributed by atoms with Crippen LogP contribution in [-0.2, 0) is 13.2 Å². The summed E-state index contributed by atoms with van der Waals surface area (Å²) in [4.78, 5) is 19.3. The first kappa shape index (κ1) is 22.0. The fourth-order valence-electron chi connectivity index (χ4n) is 3.12. The van der Waals surface area contributed by atoms with E-state index in [1.807, 2.05) is 38.3 Å². The number of nitrogens with zero attached hydrogens (tertiary/aromatic N) is 2. The molecule has 0 aliphatic heterocycles. The third kappa shape index (κ3) is 5.05. The van der Waals surface area contributed by atoms with E-state index >= 15 is 0 Å². The van der Waals surface area contributed by atoms with E-state index in [-0.39, 0.29) is 17.5 Å². The van der Waals surface area contributed by atoms with Gasteiger partial charge in [-0.15, -0.1) is 11.3 Å². The zero-order valence-corrected chi connectivity index (χ0v) is 18.6. The third-order valence-electron chi connectivity index (χ3n) is 5.33. The minimum atomic E-state index is -0.503. The molecule has 158 valence electrons. The normalized spacial score (nSPS) is 11.9. The van der Waals surface area contributed by atoms with E-state index in [0.717, 1.165) is 28.4 Å². The highest BCUT2D eigenvalue weighted by atomic mass is 32.1. The molecule has 0 spiro atoms. The third-order valence-corrected chi connectivity index (χ3v) is 6.20. The van der Waals surface area contributed by atoms with Gasteiger partial charge in [-0.25, -0.2) is 9.37 Å². The average molecular weight is 427 g/mol. The molecule has 6 heteroatoms. The van der Waals surface area contributed by atoms with Crippen LogP contribution in [0.2, 0.25) is 0 Å². The number of hydrogen-bond acceptors (Lipinski definition) is 4. The minimum absolute atomic E-state index is 0.0338. The van der Waals surface area contributed by atoms with E-state index in [1.165, 1.54) is 29.0 Å². The van der Waals surface area contributed by atoms with Gasteiger partial charge in [0.1, 0.15) is 23.2 Å². The number of rotatable bonds is 8. The van der Waals surface area contributed by atoms with Crippen LogP contribution in [0.1, 0.15) is 52.5 Å². The van der Waals surface area contributed by atoms with Crippen LogP contribution < -0.4 is 4.74 Å². The van der Waals surface area contributed by atoms with Gasteiger partial charge in [-0.1, -0.05) is 31.2 Å². The Morgan fingerprint density at radius 2 is 1.97 bits per heavy atom. The number of benzene rings is 2. The van der Waals surface area contributed by atoms with Crippen LogP contribution in [-0.4, -0.2) is 21.8 Å². The molecule has 0 aliphatic rings. The topological polar surface area (TPSA) is 42.4 Å². The summed E-state index contributed by atoms with van der Waals surface area (Å²) >= 11 is 1.50. The smallest absolute Gasteiger partial charge is 0.257 e. The summed E-state index contributed by atoms with van der Waals surface area (Å²) in [6.45, 7) is 8.78. The zero-order chi connectivity index (χ0) is 21.7. The van der Waals surface area contributed by atoms with Gasteiger partial charge in [0, 0.05) is 11.4 Å². The number of halogens is 1. The maximum atomic E-state index is 14.2. The Labute approximate surface area is 181 Å². The number of hydrogen-bond donors (Lipinski definition) is 0. The van der Waals surface area contributed by atoms with Crippen molar-refractivity contribution in [3.63, 3.8) is 0 Å². The Bertz CT molecular complexity index is 1020. The van der Waals surface area contributed by atoms with Crippen LogP contribution in [0.4, 0.5) is 4.39 Å². The van der Waals surface area contributed by atoms with Crippen molar-refractivity contribution >= 4 is 17.2 Å². The zero-order valence-electron chi connectivity index (χ0n) is 17.8. The van der Waals surface area contributed by atoms with E-state index in [2.05, 4.69) is 18.0 Å². The van der Waals surface area contributed by atoms with E-state index in [1.54, 1.807) is 17.0 Å². The lowest BCUT2D eigenvalue weighted by Crippen LogP contribution is -2.38. The molecule has 1 atom stereocenters. The molecule has 0 aliphatic carbocycles. The van der Waals surface area contributed by atoms with Crippen molar-refractivity contribution in [2.75, 3.05) is 0 Å². The Hall–Kier alpha value is -2.73. The van der Waals surface area contributed by atoms with Gasteiger partial charge in [0.25, 0.3) is 5.91 Å². The Balaban J connectivity index is 1.72. The van der Waals surface area contributed by atoms with Crippen LogP contribution in [0, 0.1) is 19.7 Å². The summed E-state index contributed by atoms with van der Waals surface area (Å²) in [6, 6.07) is 12.1. The summed E-state index contributed by atoms with van der Waals surface area (Å²) < 4.78 is 20.1. The maximum Gasteiger partial charge on any atom is 0.257 e. The average Bonchev–Trinajstić information content (AvgIpc) is 3.20. The van der Waals surface area contributed by atoms with Gasteiger partial charge in [0.15, 0.2) is 0 Å². The number of carbonyl (C=O) groups is 1. The van der Waals surface area contributed by atoms with Crippen LogP contribution in [0.15, 0.2) is 47.8 Å². The van der Waals surface area contributed by atoms with E-state index < -0.39 is 5.82 Å². The van der Waals surface area contributed by atoms with Crippen molar-refractivity contribution < 1.29 is 13.9 Å². The predicted octanol–water partition coefficient (Wildman–Crippen LogP) is 5.92. The molecule has 0 saturated heterocycles. The second kappa shape index (κ2) is 9.85. The molecular weight excluding hydrogens is 399 g/mol. The Kier molecular flexibility index (Phi) is 7.21. The quantitative estimate of drug-likeness (QED) is 0.449. The molecule has 0 fully saturated rings. The lowest BCUT2D eigenvalue weighted by molar-refractivity contribution is 0.0664. The van der Waals surface area contributed by atoms with Crippen molar-refractivity contribution in [2.24, 2.45) is 0 Å². The summed E-state index contributed by atoms with van der Waals surface area (Å²) in [6.07, 6.45) is 0.771. The summed E-state index contributed by atoms with van der Waals surface area (Å²) in [5.41, 5.74) is 3.17. The number of carbonyl (C=O) groups excluding carboxylic acids is 1. The molecule has 1 amide bonds. The second-order valence-corrected chi connectivity index (χ2v) is 8.33. The molecule has 0 saturated carbocycles. The van der Waals surface area contributed by atoms with E-state index in [4.69, 9.17) is 4.74 Å². The van der Waals surface area contributed by atoms with Crippen molar-refractivity contribution in [1.82, 2.24) is 9.88 Å². The van der Waals surface area contributed by atoms with Crippen molar-refractivity contribution in [3.05, 3.63) is 81.1 Å². The van der Waals surface area contributed by atoms with E-state index in [0.29, 0.717) is 13.2 Å². The van der Waals surface area contributed by atoms with Gasteiger partial charge in [0.05, 0.1) is 17.8 Å². The Morgan fingerprint density at radius 1 is 1.20 bits per heavy atom. The molecule has 1 aromatic heterocycles. The number of aromatic nitrogens is 1. The summed E-state index contributed by atoms with van der Waals surface area (Å²) in [5.74, 6) is 0.0306. The highest BCUT2D eigenvalue weighted by molar-refractivity contribution is 7.09. The summed E-state index contributed by atoms with van der Waals surface area (Å²) in [5, 5.41) is 2.78. The second-order valence-electron chi connectivity index (χ2n) is 7.39. The molecule has 3 rings (SSSR count). The minimum Gasteiger partial charge on any atom is -0.486 e. The van der Waals surface area contributed by atoms with Gasteiger partial charge < -0.3 is 9.64 Å². The fraction of sp³-hybridized carbons (Fsp3) is 0.333. The van der Waals surface area contributed by atoms with Crippen LogP contribution >= 0.6 is 11.3 Å². The predicted molar refractivity (Wildman–Crippen MR) is 118 cm³/mol. The maximum absolute atomic E-state index is 14.2. The molecule has 0 bridgehead atoms.